The van der Waals surface area contributed by atoms with E-state index in [0.717, 1.165) is 5.52 Å². The van der Waals surface area contributed by atoms with Crippen molar-refractivity contribution < 1.29 is 0 Å². The van der Waals surface area contributed by atoms with Crippen LogP contribution in [-0.2, 0) is 0 Å². The molecule has 1 N–H and O–H groups in total. The van der Waals surface area contributed by atoms with Crippen molar-refractivity contribution in [1.29, 1.82) is 0 Å². The lowest BCUT2D eigenvalue weighted by Gasteiger charge is -2.17. The highest BCUT2D eigenvalue weighted by Gasteiger charge is 2.17. The third-order valence-electron chi connectivity index (χ3n) is 3.03. The summed E-state index contributed by atoms with van der Waals surface area (Å²) >= 11 is 1.62. The minimum Gasteiger partial charge on any atom is -0.317 e. The molecule has 2 nitrogen and oxygen atoms in total. The predicted molar refractivity (Wildman–Crippen MR) is 66.6 cm³/mol. The first-order valence-electron chi connectivity index (χ1n) is 5.25. The van der Waals surface area contributed by atoms with E-state index in [4.69, 9.17) is 0 Å². The average Bonchev–Trinajstić information content (AvgIpc) is 2.70. The number of rotatable bonds is 3. The Morgan fingerprint density at radius 1 is 1.27 bits per heavy atom. The molecule has 1 heterocycles. The maximum absolute atomic E-state index is 4.47. The molecule has 0 spiro atoms. The topological polar surface area (TPSA) is 24.9 Å². The number of hydrogen-bond donors (Lipinski definition) is 1. The maximum atomic E-state index is 4.47. The van der Waals surface area contributed by atoms with Gasteiger partial charge >= 0.3 is 0 Å². The quantitative estimate of drug-likeness (QED) is 0.860. The van der Waals surface area contributed by atoms with Crippen molar-refractivity contribution >= 4 is 22.4 Å². The molecule has 3 heteroatoms. The van der Waals surface area contributed by atoms with Crippen molar-refractivity contribution in [3.63, 3.8) is 0 Å². The fourth-order valence-corrected chi connectivity index (χ4v) is 2.71. The first kappa shape index (κ1) is 10.6. The van der Waals surface area contributed by atoms with E-state index in [1.54, 1.807) is 11.5 Å². The summed E-state index contributed by atoms with van der Waals surface area (Å²) < 4.78 is 4.47. The van der Waals surface area contributed by atoms with Gasteiger partial charge in [0.05, 0.1) is 5.52 Å². The molecule has 1 aromatic carbocycles. The van der Waals surface area contributed by atoms with Crippen molar-refractivity contribution in [3.05, 3.63) is 29.1 Å². The zero-order chi connectivity index (χ0) is 10.8. The van der Waals surface area contributed by atoms with Crippen molar-refractivity contribution in [2.75, 3.05) is 7.05 Å². The second kappa shape index (κ2) is 4.29. The zero-order valence-electron chi connectivity index (χ0n) is 9.32. The Labute approximate surface area is 94.5 Å². The fraction of sp³-hybridized carbons (Fsp3) is 0.417. The van der Waals surface area contributed by atoms with Gasteiger partial charge in [0.25, 0.3) is 0 Å². The largest absolute Gasteiger partial charge is 0.317 e. The molecular formula is C12H16N2S. The number of benzene rings is 1. The lowest BCUT2D eigenvalue weighted by Crippen LogP contribution is -2.26. The fourth-order valence-electron chi connectivity index (χ4n) is 1.71. The van der Waals surface area contributed by atoms with Gasteiger partial charge in [-0.05, 0) is 31.6 Å². The number of fused-ring (bicyclic) bond motifs is 1. The molecule has 0 bridgehead atoms. The van der Waals surface area contributed by atoms with Crippen LogP contribution in [0.4, 0.5) is 0 Å². The van der Waals surface area contributed by atoms with Crippen LogP contribution in [0.15, 0.2) is 24.3 Å². The van der Waals surface area contributed by atoms with E-state index in [1.165, 1.54) is 10.3 Å². The summed E-state index contributed by atoms with van der Waals surface area (Å²) in [4.78, 5) is 1.38. The van der Waals surface area contributed by atoms with Gasteiger partial charge in [0, 0.05) is 22.2 Å². The summed E-state index contributed by atoms with van der Waals surface area (Å²) in [7, 11) is 2.00. The van der Waals surface area contributed by atoms with Crippen LogP contribution >= 0.6 is 11.5 Å². The van der Waals surface area contributed by atoms with Gasteiger partial charge in [-0.1, -0.05) is 25.1 Å². The van der Waals surface area contributed by atoms with Crippen LogP contribution in [0.2, 0.25) is 0 Å². The van der Waals surface area contributed by atoms with Gasteiger partial charge < -0.3 is 5.32 Å². The first-order valence-corrected chi connectivity index (χ1v) is 6.03. The summed E-state index contributed by atoms with van der Waals surface area (Å²) in [5, 5.41) is 4.60. The number of nitrogens with zero attached hydrogens (tertiary/aromatic N) is 1. The van der Waals surface area contributed by atoms with Crippen LogP contribution in [0.5, 0.6) is 0 Å². The van der Waals surface area contributed by atoms with Crippen molar-refractivity contribution in [3.8, 4) is 0 Å². The molecule has 0 saturated heterocycles. The van der Waals surface area contributed by atoms with Crippen LogP contribution < -0.4 is 5.32 Å². The maximum Gasteiger partial charge on any atom is 0.0843 e. The molecule has 2 aromatic rings. The highest BCUT2D eigenvalue weighted by molar-refractivity contribution is 7.07. The van der Waals surface area contributed by atoms with Crippen LogP contribution in [0, 0.1) is 0 Å². The summed E-state index contributed by atoms with van der Waals surface area (Å²) in [6.45, 7) is 4.46. The van der Waals surface area contributed by atoms with Gasteiger partial charge in [0.15, 0.2) is 0 Å². The van der Waals surface area contributed by atoms with Gasteiger partial charge in [-0.25, -0.2) is 0 Å². The Bertz CT molecular complexity index is 450. The number of nitrogens with one attached hydrogen (secondary N) is 1. The Morgan fingerprint density at radius 3 is 2.73 bits per heavy atom. The highest BCUT2D eigenvalue weighted by Crippen LogP contribution is 2.30. The SMILES string of the molecule is CNC(C)C(C)c1snc2ccccc12. The molecule has 1 aromatic heterocycles. The summed E-state index contributed by atoms with van der Waals surface area (Å²) in [5.41, 5.74) is 1.12. The second-order valence-corrected chi connectivity index (χ2v) is 4.73. The molecule has 80 valence electrons. The summed E-state index contributed by atoms with van der Waals surface area (Å²) in [6, 6.07) is 8.84. The lowest BCUT2D eigenvalue weighted by atomic mass is 9.99. The van der Waals surface area contributed by atoms with Crippen molar-refractivity contribution in [2.45, 2.75) is 25.8 Å². The molecule has 0 aliphatic carbocycles. The van der Waals surface area contributed by atoms with Crippen molar-refractivity contribution in [1.82, 2.24) is 9.69 Å². The molecule has 0 amide bonds. The highest BCUT2D eigenvalue weighted by atomic mass is 32.1. The first-order chi connectivity index (χ1) is 7.24. The standard InChI is InChI=1S/C12H16N2S/c1-8(9(2)13-3)12-10-6-4-5-7-11(10)14-15-12/h4-9,13H,1-3H3. The molecule has 2 rings (SSSR count). The van der Waals surface area contributed by atoms with Crippen molar-refractivity contribution in [2.24, 2.45) is 0 Å². The van der Waals surface area contributed by atoms with Gasteiger partial charge in [-0.3, -0.25) is 0 Å². The third kappa shape index (κ3) is 1.90. The van der Waals surface area contributed by atoms with Gasteiger partial charge in [0.1, 0.15) is 0 Å². The molecule has 0 radical (unpaired) electrons. The Balaban J connectivity index is 2.43. The van der Waals surface area contributed by atoms with Crippen LogP contribution in [0.25, 0.3) is 10.9 Å². The van der Waals surface area contributed by atoms with E-state index in [2.05, 4.69) is 41.7 Å². The smallest absolute Gasteiger partial charge is 0.0843 e. The minimum absolute atomic E-state index is 0.480. The number of hydrogen-bond acceptors (Lipinski definition) is 3. The Kier molecular flexibility index (Phi) is 3.03. The molecule has 0 aliphatic rings. The van der Waals surface area contributed by atoms with Crippen LogP contribution in [0.3, 0.4) is 0 Å². The number of likely N-dealkylation sites (N-methyl/N-ethyl adjacent to an activating group) is 1. The van der Waals surface area contributed by atoms with E-state index >= 15 is 0 Å². The van der Waals surface area contributed by atoms with E-state index in [-0.39, 0.29) is 0 Å². The van der Waals surface area contributed by atoms with E-state index in [0.29, 0.717) is 12.0 Å². The van der Waals surface area contributed by atoms with Crippen LogP contribution in [-0.4, -0.2) is 17.5 Å². The third-order valence-corrected chi connectivity index (χ3v) is 4.11. The van der Waals surface area contributed by atoms with E-state index in [9.17, 15) is 0 Å². The molecule has 2 unspecified atom stereocenters. The summed E-state index contributed by atoms with van der Waals surface area (Å²) in [5.74, 6) is 0.507. The number of aromatic nitrogens is 1. The van der Waals surface area contributed by atoms with Gasteiger partial charge in [-0.15, -0.1) is 0 Å². The van der Waals surface area contributed by atoms with Gasteiger partial charge in [0.2, 0.25) is 0 Å². The molecule has 0 fully saturated rings. The van der Waals surface area contributed by atoms with Gasteiger partial charge in [-0.2, -0.15) is 4.37 Å². The molecular weight excluding hydrogens is 204 g/mol. The van der Waals surface area contributed by atoms with Crippen LogP contribution in [0.1, 0.15) is 24.6 Å². The lowest BCUT2D eigenvalue weighted by molar-refractivity contribution is 0.532. The Hall–Kier alpha value is -0.930. The Morgan fingerprint density at radius 2 is 2.00 bits per heavy atom. The molecule has 0 aliphatic heterocycles. The summed E-state index contributed by atoms with van der Waals surface area (Å²) in [6.07, 6.45) is 0. The zero-order valence-corrected chi connectivity index (χ0v) is 10.1. The van der Waals surface area contributed by atoms with E-state index in [1.807, 2.05) is 13.1 Å². The van der Waals surface area contributed by atoms with E-state index < -0.39 is 0 Å². The average molecular weight is 220 g/mol. The monoisotopic (exact) mass is 220 g/mol. The molecule has 2 atom stereocenters. The molecule has 0 saturated carbocycles. The minimum atomic E-state index is 0.480. The normalized spacial score (nSPS) is 15.4. The second-order valence-electron chi connectivity index (χ2n) is 3.93. The molecule has 15 heavy (non-hydrogen) atoms. The predicted octanol–water partition coefficient (Wildman–Crippen LogP) is 3.01.